The van der Waals surface area contributed by atoms with Gasteiger partial charge in [-0.25, -0.2) is 0 Å². The molecule has 0 atom stereocenters. The zero-order chi connectivity index (χ0) is 11.0. The molecular formula is C9H11N3O2S. The van der Waals surface area contributed by atoms with Gasteiger partial charge in [0.2, 0.25) is 5.17 Å². The Kier molecular flexibility index (Phi) is 2.60. The molecule has 0 fully saturated rings. The summed E-state index contributed by atoms with van der Waals surface area (Å²) < 4.78 is 0. The predicted molar refractivity (Wildman–Crippen MR) is 58.4 cm³/mol. The van der Waals surface area contributed by atoms with Crippen molar-refractivity contribution >= 4 is 33.8 Å². The molecule has 6 heteroatoms. The lowest BCUT2D eigenvalue weighted by atomic mass is 10.1. The van der Waals surface area contributed by atoms with Crippen LogP contribution in [0.25, 0.3) is 0 Å². The molecule has 0 aromatic heterocycles. The van der Waals surface area contributed by atoms with E-state index in [1.807, 2.05) is 0 Å². The van der Waals surface area contributed by atoms with E-state index in [0.717, 1.165) is 11.5 Å². The lowest BCUT2D eigenvalue weighted by Gasteiger charge is -2.14. The molecule has 15 heavy (non-hydrogen) atoms. The molecule has 0 radical (unpaired) electrons. The number of carbonyl (C=O) groups is 2. The summed E-state index contributed by atoms with van der Waals surface area (Å²) >= 11 is 1.31. The van der Waals surface area contributed by atoms with Gasteiger partial charge >= 0.3 is 0 Å². The Morgan fingerprint density at radius 1 is 1.47 bits per heavy atom. The van der Waals surface area contributed by atoms with Crippen molar-refractivity contribution in [3.8, 4) is 0 Å². The fraction of sp³-hybridized carbons (Fsp3) is 0.556. The number of aliphatic imine (C=N–C) groups is 1. The van der Waals surface area contributed by atoms with Crippen LogP contribution in [0.5, 0.6) is 0 Å². The van der Waals surface area contributed by atoms with Gasteiger partial charge in [0.15, 0.2) is 0 Å². The van der Waals surface area contributed by atoms with Crippen LogP contribution in [-0.4, -0.2) is 27.0 Å². The number of hydrogen-bond acceptors (Lipinski definition) is 4. The molecule has 2 aliphatic rings. The second-order valence-corrected chi connectivity index (χ2v) is 4.90. The standard InChI is InChI=1S/C9H11N3O2S/c1-5(2)3-7-11-12-8(14)4-6(13)10-9(12)15-7/h5H,3-4H2,1-2H3. The third-order valence-electron chi connectivity index (χ3n) is 1.94. The maximum Gasteiger partial charge on any atom is 0.258 e. The molecule has 0 saturated heterocycles. The number of amides is 2. The van der Waals surface area contributed by atoms with Gasteiger partial charge in [0.25, 0.3) is 11.8 Å². The highest BCUT2D eigenvalue weighted by atomic mass is 32.2. The van der Waals surface area contributed by atoms with Crippen molar-refractivity contribution in [1.82, 2.24) is 5.01 Å². The smallest absolute Gasteiger partial charge is 0.258 e. The van der Waals surface area contributed by atoms with Crippen molar-refractivity contribution in [2.24, 2.45) is 16.0 Å². The summed E-state index contributed by atoms with van der Waals surface area (Å²) in [4.78, 5) is 26.3. The van der Waals surface area contributed by atoms with Crippen LogP contribution in [0, 0.1) is 5.92 Å². The van der Waals surface area contributed by atoms with E-state index in [-0.39, 0.29) is 18.2 Å². The first-order valence-corrected chi connectivity index (χ1v) is 5.57. The summed E-state index contributed by atoms with van der Waals surface area (Å²) in [5, 5.41) is 6.65. The van der Waals surface area contributed by atoms with E-state index >= 15 is 0 Å². The average Bonchev–Trinajstić information content (AvgIpc) is 2.45. The quantitative estimate of drug-likeness (QED) is 0.663. The Morgan fingerprint density at radius 3 is 2.87 bits per heavy atom. The van der Waals surface area contributed by atoms with Crippen LogP contribution in [0.2, 0.25) is 0 Å². The van der Waals surface area contributed by atoms with Crippen molar-refractivity contribution < 1.29 is 9.59 Å². The van der Waals surface area contributed by atoms with E-state index in [4.69, 9.17) is 0 Å². The van der Waals surface area contributed by atoms with Gasteiger partial charge < -0.3 is 0 Å². The molecule has 0 bridgehead atoms. The Hall–Kier alpha value is -1.17. The van der Waals surface area contributed by atoms with Crippen LogP contribution in [0.4, 0.5) is 0 Å². The van der Waals surface area contributed by atoms with Gasteiger partial charge in [0.1, 0.15) is 11.5 Å². The monoisotopic (exact) mass is 225 g/mol. The molecule has 0 aromatic carbocycles. The fourth-order valence-corrected chi connectivity index (χ4v) is 2.46. The molecule has 0 spiro atoms. The van der Waals surface area contributed by atoms with E-state index in [1.54, 1.807) is 0 Å². The number of rotatable bonds is 2. The summed E-state index contributed by atoms with van der Waals surface area (Å²) in [7, 11) is 0. The highest BCUT2D eigenvalue weighted by Crippen LogP contribution is 2.27. The van der Waals surface area contributed by atoms with Gasteiger partial charge in [-0.1, -0.05) is 13.8 Å². The zero-order valence-corrected chi connectivity index (χ0v) is 9.37. The molecule has 5 nitrogen and oxygen atoms in total. The van der Waals surface area contributed by atoms with E-state index in [2.05, 4.69) is 23.9 Å². The summed E-state index contributed by atoms with van der Waals surface area (Å²) in [6.45, 7) is 4.16. The van der Waals surface area contributed by atoms with Gasteiger partial charge in [0, 0.05) is 6.42 Å². The minimum atomic E-state index is -0.375. The number of hydrogen-bond donors (Lipinski definition) is 0. The highest BCUT2D eigenvalue weighted by molar-refractivity contribution is 8.26. The normalized spacial score (nSPS) is 20.6. The Morgan fingerprint density at radius 2 is 2.20 bits per heavy atom. The number of hydrazone groups is 1. The van der Waals surface area contributed by atoms with Crippen molar-refractivity contribution in [1.29, 1.82) is 0 Å². The molecule has 0 N–H and O–H groups in total. The second-order valence-electron chi connectivity index (χ2n) is 3.86. The van der Waals surface area contributed by atoms with Gasteiger partial charge in [-0.2, -0.15) is 15.1 Å². The van der Waals surface area contributed by atoms with Gasteiger partial charge in [0.05, 0.1) is 0 Å². The number of nitrogens with zero attached hydrogens (tertiary/aromatic N) is 3. The van der Waals surface area contributed by atoms with Gasteiger partial charge in [-0.05, 0) is 17.7 Å². The van der Waals surface area contributed by atoms with Crippen molar-refractivity contribution in [2.75, 3.05) is 0 Å². The third kappa shape index (κ3) is 2.09. The number of carbonyl (C=O) groups excluding carboxylic acids is 2. The summed E-state index contributed by atoms with van der Waals surface area (Å²) in [6.07, 6.45) is 0.643. The van der Waals surface area contributed by atoms with Gasteiger partial charge in [-0.15, -0.1) is 0 Å². The first-order chi connectivity index (χ1) is 7.06. The largest absolute Gasteiger partial charge is 0.272 e. The highest BCUT2D eigenvalue weighted by Gasteiger charge is 2.34. The zero-order valence-electron chi connectivity index (χ0n) is 8.56. The fourth-order valence-electron chi connectivity index (χ4n) is 1.34. The van der Waals surface area contributed by atoms with Crippen LogP contribution in [0.1, 0.15) is 26.7 Å². The molecule has 80 valence electrons. The molecule has 0 unspecified atom stereocenters. The van der Waals surface area contributed by atoms with Crippen LogP contribution in [0.15, 0.2) is 10.1 Å². The van der Waals surface area contributed by atoms with Crippen molar-refractivity contribution in [3.63, 3.8) is 0 Å². The summed E-state index contributed by atoms with van der Waals surface area (Å²) in [5.74, 6) is -0.181. The first kappa shape index (κ1) is 10.4. The van der Waals surface area contributed by atoms with Crippen molar-refractivity contribution in [2.45, 2.75) is 26.7 Å². The Labute approximate surface area is 91.6 Å². The maximum atomic E-state index is 11.4. The first-order valence-electron chi connectivity index (χ1n) is 4.76. The third-order valence-corrected chi connectivity index (χ3v) is 2.87. The van der Waals surface area contributed by atoms with E-state index in [9.17, 15) is 9.59 Å². The van der Waals surface area contributed by atoms with E-state index < -0.39 is 0 Å². The molecular weight excluding hydrogens is 214 g/mol. The lowest BCUT2D eigenvalue weighted by molar-refractivity contribution is -0.133. The Bertz CT molecular complexity index is 387. The van der Waals surface area contributed by atoms with Crippen LogP contribution in [0.3, 0.4) is 0 Å². The molecule has 0 saturated carbocycles. The minimum Gasteiger partial charge on any atom is -0.272 e. The molecule has 2 amide bonds. The molecule has 2 heterocycles. The topological polar surface area (TPSA) is 62.1 Å². The maximum absolute atomic E-state index is 11.4. The van der Waals surface area contributed by atoms with E-state index in [1.165, 1.54) is 16.8 Å². The van der Waals surface area contributed by atoms with E-state index in [0.29, 0.717) is 11.1 Å². The van der Waals surface area contributed by atoms with Crippen LogP contribution >= 0.6 is 11.8 Å². The molecule has 2 rings (SSSR count). The minimum absolute atomic E-state index is 0.164. The van der Waals surface area contributed by atoms with Crippen LogP contribution in [-0.2, 0) is 9.59 Å². The Balaban J connectivity index is 2.18. The van der Waals surface area contributed by atoms with Crippen molar-refractivity contribution in [3.05, 3.63) is 0 Å². The lowest BCUT2D eigenvalue weighted by Crippen LogP contribution is -2.33. The number of amidine groups is 1. The predicted octanol–water partition coefficient (Wildman–Crippen LogP) is 1.21. The average molecular weight is 225 g/mol. The molecule has 0 aliphatic carbocycles. The number of fused-ring (bicyclic) bond motifs is 1. The van der Waals surface area contributed by atoms with Crippen LogP contribution < -0.4 is 0 Å². The second kappa shape index (κ2) is 3.77. The summed E-state index contributed by atoms with van der Waals surface area (Å²) in [5.41, 5.74) is 0. The molecule has 2 aliphatic heterocycles. The SMILES string of the molecule is CC(C)CC1=NN2C(=O)CC(=O)N=C2S1. The van der Waals surface area contributed by atoms with Gasteiger partial charge in [-0.3, -0.25) is 9.59 Å². The summed E-state index contributed by atoms with van der Waals surface area (Å²) in [6, 6.07) is 0. The molecule has 0 aromatic rings. The number of thioether (sulfide) groups is 1.